The Morgan fingerprint density at radius 3 is 2.46 bits per heavy atom. The molecule has 218 valence electrons. The van der Waals surface area contributed by atoms with Gasteiger partial charge in [0.15, 0.2) is 0 Å². The molecule has 3 saturated carbocycles. The van der Waals surface area contributed by atoms with Crippen LogP contribution >= 0.6 is 0 Å². The molecule has 1 aromatic rings. The third-order valence-corrected chi connectivity index (χ3v) is 13.8. The van der Waals surface area contributed by atoms with E-state index in [9.17, 15) is 9.59 Å². The predicted octanol–water partition coefficient (Wildman–Crippen LogP) is 4.25. The maximum atomic E-state index is 14.7. The fraction of sp³-hybridized carbons (Fsp3) is 0.771. The van der Waals surface area contributed by atoms with Crippen molar-refractivity contribution in [1.29, 1.82) is 0 Å². The van der Waals surface area contributed by atoms with E-state index in [0.29, 0.717) is 24.0 Å². The number of rotatable bonds is 2. The van der Waals surface area contributed by atoms with E-state index >= 15 is 0 Å². The first-order chi connectivity index (χ1) is 18.7. The van der Waals surface area contributed by atoms with Crippen LogP contribution in [-0.4, -0.2) is 34.8 Å². The van der Waals surface area contributed by atoms with Gasteiger partial charge in [0, 0.05) is 23.9 Å². The van der Waals surface area contributed by atoms with Gasteiger partial charge in [0.2, 0.25) is 5.91 Å². The summed E-state index contributed by atoms with van der Waals surface area (Å²) in [6.07, 6.45) is 14.3. The topological polar surface area (TPSA) is 63.4 Å². The quantitative estimate of drug-likeness (QED) is 0.407. The first-order valence-corrected chi connectivity index (χ1v) is 16.0. The molecule has 0 N–H and O–H groups in total. The van der Waals surface area contributed by atoms with Crippen LogP contribution in [0.4, 0.5) is 0 Å². The van der Waals surface area contributed by atoms with E-state index in [1.54, 1.807) is 0 Å². The summed E-state index contributed by atoms with van der Waals surface area (Å²) >= 11 is 0. The van der Waals surface area contributed by atoms with E-state index in [1.165, 1.54) is 23.5 Å². The van der Waals surface area contributed by atoms with Gasteiger partial charge in [-0.2, -0.15) is 6.42 Å². The number of fused-ring (bicyclic) bond motifs is 8. The van der Waals surface area contributed by atoms with Crippen LogP contribution in [0, 0.1) is 44.8 Å². The molecule has 0 spiro atoms. The van der Waals surface area contributed by atoms with Gasteiger partial charge >= 0.3 is 18.9 Å². The van der Waals surface area contributed by atoms with Gasteiger partial charge in [-0.1, -0.05) is 96.2 Å². The van der Waals surface area contributed by atoms with Gasteiger partial charge in [0.05, 0.1) is 6.20 Å². The van der Waals surface area contributed by atoms with Crippen molar-refractivity contribution in [2.45, 2.75) is 118 Å². The van der Waals surface area contributed by atoms with Gasteiger partial charge < -0.3 is 9.42 Å². The minimum atomic E-state index is -0.117. The fourth-order valence-electron chi connectivity index (χ4n) is 11.5. The standard InChI is InChI=1S/C35H49N2O3.Li/c1-30(2)12-14-35(21-37-16-8-9-27(37)39)15-13-34(7)28(23(35)19-30)24(38)17-26-32(5)18-22-20-36-40-29(22)31(3,4)25(32)10-11-33(26,34)6;/h17,20,25,28H,8-16,18-19,21H2,1-7H3;/q-1;+1/t25?,28-,32-,33+,34+,35+;/m0./s1. The molecule has 6 atom stereocenters. The molecule has 6 heteroatoms. The first kappa shape index (κ1) is 29.7. The van der Waals surface area contributed by atoms with E-state index in [2.05, 4.69) is 64.6 Å². The van der Waals surface area contributed by atoms with Crippen molar-refractivity contribution in [1.82, 2.24) is 10.1 Å². The zero-order valence-corrected chi connectivity index (χ0v) is 26.9. The molecular formula is C35H49LiN2O3. The Balaban J connectivity index is 0.00000302. The second-order valence-electron chi connectivity index (χ2n) is 16.8. The summed E-state index contributed by atoms with van der Waals surface area (Å²) in [6, 6.07) is 0. The van der Waals surface area contributed by atoms with Crippen molar-refractivity contribution in [2.24, 2.45) is 38.9 Å². The Kier molecular flexibility index (Phi) is 6.61. The van der Waals surface area contributed by atoms with Crippen LogP contribution in [0.15, 0.2) is 22.4 Å². The number of aromatic nitrogens is 1. The SMILES string of the molecule is CC1(C)CC[C@]2(CN3CCCC3=O)CC[C@]3(C)[C@H](C(=O)C=C4[C@@]5(C)Cc6cnoc6C(C)(C)C5CC[C@]43C)[C-]2C1.[Li+]. The Labute approximate surface area is 259 Å². The first-order valence-electron chi connectivity index (χ1n) is 16.0. The Hall–Kier alpha value is -1.31. The molecule has 1 unspecified atom stereocenters. The second-order valence-corrected chi connectivity index (χ2v) is 16.8. The van der Waals surface area contributed by atoms with Crippen molar-refractivity contribution >= 4 is 11.7 Å². The van der Waals surface area contributed by atoms with E-state index in [4.69, 9.17) is 4.52 Å². The molecule has 41 heavy (non-hydrogen) atoms. The molecule has 5 aliphatic carbocycles. The number of amides is 1. The Morgan fingerprint density at radius 1 is 1.02 bits per heavy atom. The van der Waals surface area contributed by atoms with Gasteiger partial charge in [-0.05, 0) is 60.5 Å². The molecule has 2 heterocycles. The zero-order chi connectivity index (χ0) is 28.5. The number of carbonyl (C=O) groups is 2. The van der Waals surface area contributed by atoms with Gasteiger partial charge in [-0.15, -0.1) is 5.41 Å². The van der Waals surface area contributed by atoms with E-state index in [0.717, 1.165) is 70.2 Å². The van der Waals surface area contributed by atoms with Crippen molar-refractivity contribution in [3.8, 4) is 0 Å². The minimum Gasteiger partial charge on any atom is -0.361 e. The number of hydrogen-bond acceptors (Lipinski definition) is 4. The number of ketones is 1. The van der Waals surface area contributed by atoms with Crippen LogP contribution in [0.5, 0.6) is 0 Å². The molecule has 1 aliphatic heterocycles. The third-order valence-electron chi connectivity index (χ3n) is 13.8. The number of carbonyl (C=O) groups excluding carboxylic acids is 2. The maximum absolute atomic E-state index is 14.7. The van der Waals surface area contributed by atoms with E-state index < -0.39 is 0 Å². The van der Waals surface area contributed by atoms with Crippen LogP contribution in [0.3, 0.4) is 0 Å². The molecule has 7 rings (SSSR count). The Morgan fingerprint density at radius 2 is 1.76 bits per heavy atom. The largest absolute Gasteiger partial charge is 1.00 e. The molecule has 1 aromatic heterocycles. The normalized spacial score (nSPS) is 42.7. The summed E-state index contributed by atoms with van der Waals surface area (Å²) < 4.78 is 5.84. The van der Waals surface area contributed by atoms with Crippen molar-refractivity contribution in [2.75, 3.05) is 13.1 Å². The fourth-order valence-corrected chi connectivity index (χ4v) is 11.5. The molecule has 1 saturated heterocycles. The third kappa shape index (κ3) is 3.82. The van der Waals surface area contributed by atoms with Crippen LogP contribution in [0.1, 0.15) is 118 Å². The number of nitrogens with zero attached hydrogens (tertiary/aromatic N) is 2. The summed E-state index contributed by atoms with van der Waals surface area (Å²) in [7, 11) is 0. The van der Waals surface area contributed by atoms with Crippen molar-refractivity contribution in [3.63, 3.8) is 0 Å². The van der Waals surface area contributed by atoms with Gasteiger partial charge in [-0.3, -0.25) is 15.5 Å². The van der Waals surface area contributed by atoms with Crippen LogP contribution in [-0.2, 0) is 21.4 Å². The predicted molar refractivity (Wildman–Crippen MR) is 155 cm³/mol. The summed E-state index contributed by atoms with van der Waals surface area (Å²) in [6.45, 7) is 18.6. The Bertz CT molecular complexity index is 1310. The second kappa shape index (κ2) is 9.10. The number of likely N-dealkylation sites (tertiary alicyclic amines) is 1. The molecule has 0 radical (unpaired) electrons. The average molecular weight is 553 g/mol. The van der Waals surface area contributed by atoms with E-state index in [1.807, 2.05) is 6.20 Å². The van der Waals surface area contributed by atoms with Crippen molar-refractivity contribution < 1.29 is 33.0 Å². The van der Waals surface area contributed by atoms with Crippen LogP contribution < -0.4 is 18.9 Å². The van der Waals surface area contributed by atoms with Crippen LogP contribution in [0.2, 0.25) is 0 Å². The molecule has 0 aromatic carbocycles. The zero-order valence-electron chi connectivity index (χ0n) is 26.9. The number of allylic oxidation sites excluding steroid dienone is 2. The van der Waals surface area contributed by atoms with Gasteiger partial charge in [0.1, 0.15) is 11.5 Å². The minimum absolute atomic E-state index is 0. The summed E-state index contributed by atoms with van der Waals surface area (Å²) in [5.41, 5.74) is 2.45. The smallest absolute Gasteiger partial charge is 0.361 e. The molecular weight excluding hydrogens is 503 g/mol. The van der Waals surface area contributed by atoms with E-state index in [-0.39, 0.29) is 57.3 Å². The molecule has 5 nitrogen and oxygen atoms in total. The number of hydrogen-bond donors (Lipinski definition) is 0. The molecule has 1 amide bonds. The van der Waals surface area contributed by atoms with Crippen molar-refractivity contribution in [3.05, 3.63) is 35.1 Å². The molecule has 0 bridgehead atoms. The molecule has 6 aliphatic rings. The summed E-state index contributed by atoms with van der Waals surface area (Å²) in [5.74, 6) is 3.57. The monoisotopic (exact) mass is 552 g/mol. The van der Waals surface area contributed by atoms with Crippen LogP contribution in [0.25, 0.3) is 0 Å². The maximum Gasteiger partial charge on any atom is 1.00 e. The summed E-state index contributed by atoms with van der Waals surface area (Å²) in [5, 5.41) is 4.22. The average Bonchev–Trinajstić information content (AvgIpc) is 3.50. The van der Waals surface area contributed by atoms with Gasteiger partial charge in [0.25, 0.3) is 0 Å². The summed E-state index contributed by atoms with van der Waals surface area (Å²) in [4.78, 5) is 29.7. The van der Waals surface area contributed by atoms with Gasteiger partial charge in [-0.25, -0.2) is 0 Å². The molecule has 4 fully saturated rings.